The number of hydrogen-bond acceptors (Lipinski definition) is 2. The zero-order valence-corrected chi connectivity index (χ0v) is 11.3. The maximum absolute atomic E-state index is 5.17. The van der Waals surface area contributed by atoms with Crippen molar-refractivity contribution >= 4 is 0 Å². The van der Waals surface area contributed by atoms with Crippen LogP contribution in [0.4, 0.5) is 0 Å². The van der Waals surface area contributed by atoms with Crippen LogP contribution < -0.4 is 4.74 Å². The van der Waals surface area contributed by atoms with Crippen LogP contribution in [-0.4, -0.2) is 17.3 Å². The molecule has 100 valence electrons. The number of hydrogen-bond donors (Lipinski definition) is 1. The quantitative estimate of drug-likeness (QED) is 0.780. The number of aromatic nitrogens is 2. The van der Waals surface area contributed by atoms with Crippen molar-refractivity contribution in [1.82, 2.24) is 10.2 Å². The SMILES string of the molecule is COc1ccc(Cc2ccc(-c3ccn[nH]3)cc2)cc1. The number of aromatic amines is 1. The summed E-state index contributed by atoms with van der Waals surface area (Å²) in [7, 11) is 1.68. The van der Waals surface area contributed by atoms with Crippen molar-refractivity contribution in [3.8, 4) is 17.0 Å². The topological polar surface area (TPSA) is 37.9 Å². The van der Waals surface area contributed by atoms with E-state index >= 15 is 0 Å². The lowest BCUT2D eigenvalue weighted by molar-refractivity contribution is 0.414. The van der Waals surface area contributed by atoms with Gasteiger partial charge in [0.1, 0.15) is 5.75 Å². The number of nitrogens with zero attached hydrogens (tertiary/aromatic N) is 1. The Morgan fingerprint density at radius 1 is 0.900 bits per heavy atom. The highest BCUT2D eigenvalue weighted by Crippen LogP contribution is 2.19. The van der Waals surface area contributed by atoms with E-state index in [0.29, 0.717) is 0 Å². The summed E-state index contributed by atoms with van der Waals surface area (Å²) in [5.41, 5.74) is 4.76. The lowest BCUT2D eigenvalue weighted by Gasteiger charge is -2.05. The molecule has 1 heterocycles. The molecule has 0 aliphatic carbocycles. The second-order valence-corrected chi connectivity index (χ2v) is 4.69. The predicted molar refractivity (Wildman–Crippen MR) is 79.8 cm³/mol. The summed E-state index contributed by atoms with van der Waals surface area (Å²) in [6.07, 6.45) is 2.69. The molecule has 0 bridgehead atoms. The minimum Gasteiger partial charge on any atom is -0.497 e. The van der Waals surface area contributed by atoms with Crippen LogP contribution in [0, 0.1) is 0 Å². The van der Waals surface area contributed by atoms with Crippen molar-refractivity contribution in [2.45, 2.75) is 6.42 Å². The Labute approximate surface area is 118 Å². The Morgan fingerprint density at radius 2 is 1.55 bits per heavy atom. The Balaban J connectivity index is 1.74. The highest BCUT2D eigenvalue weighted by Gasteiger charge is 2.00. The second kappa shape index (κ2) is 5.61. The molecule has 0 fully saturated rings. The summed E-state index contributed by atoms with van der Waals surface area (Å²) in [5, 5.41) is 6.94. The van der Waals surface area contributed by atoms with Crippen LogP contribution >= 0.6 is 0 Å². The Hall–Kier alpha value is -2.55. The molecule has 2 aromatic carbocycles. The van der Waals surface area contributed by atoms with Gasteiger partial charge in [0, 0.05) is 6.20 Å². The largest absolute Gasteiger partial charge is 0.497 e. The number of ether oxygens (including phenoxy) is 1. The molecule has 0 spiro atoms. The Bertz CT molecular complexity index is 655. The molecular formula is C17H16N2O. The van der Waals surface area contributed by atoms with Crippen LogP contribution in [0.5, 0.6) is 5.75 Å². The van der Waals surface area contributed by atoms with Gasteiger partial charge in [-0.05, 0) is 41.3 Å². The molecule has 0 radical (unpaired) electrons. The molecule has 3 nitrogen and oxygen atoms in total. The minimum atomic E-state index is 0.892. The van der Waals surface area contributed by atoms with Crippen LogP contribution in [0.2, 0.25) is 0 Å². The summed E-state index contributed by atoms with van der Waals surface area (Å²) in [5.74, 6) is 0.892. The average molecular weight is 264 g/mol. The fourth-order valence-electron chi connectivity index (χ4n) is 2.20. The van der Waals surface area contributed by atoms with Gasteiger partial charge in [-0.2, -0.15) is 5.10 Å². The molecule has 0 saturated carbocycles. The van der Waals surface area contributed by atoms with Crippen LogP contribution in [0.15, 0.2) is 60.8 Å². The molecule has 0 unspecified atom stereocenters. The maximum Gasteiger partial charge on any atom is 0.118 e. The third-order valence-corrected chi connectivity index (χ3v) is 3.33. The van der Waals surface area contributed by atoms with E-state index in [9.17, 15) is 0 Å². The Kier molecular flexibility index (Phi) is 3.50. The van der Waals surface area contributed by atoms with Crippen LogP contribution in [0.25, 0.3) is 11.3 Å². The van der Waals surface area contributed by atoms with Gasteiger partial charge in [-0.15, -0.1) is 0 Å². The monoisotopic (exact) mass is 264 g/mol. The summed E-state index contributed by atoms with van der Waals surface area (Å²) < 4.78 is 5.17. The molecule has 3 heteroatoms. The summed E-state index contributed by atoms with van der Waals surface area (Å²) in [6, 6.07) is 18.7. The highest BCUT2D eigenvalue weighted by atomic mass is 16.5. The van der Waals surface area contributed by atoms with E-state index in [2.05, 4.69) is 46.6 Å². The van der Waals surface area contributed by atoms with E-state index in [1.807, 2.05) is 18.2 Å². The number of nitrogens with one attached hydrogen (secondary N) is 1. The molecule has 3 aromatic rings. The maximum atomic E-state index is 5.17. The first-order valence-electron chi connectivity index (χ1n) is 6.57. The van der Waals surface area contributed by atoms with E-state index in [1.54, 1.807) is 13.3 Å². The van der Waals surface area contributed by atoms with E-state index in [-0.39, 0.29) is 0 Å². The van der Waals surface area contributed by atoms with Gasteiger partial charge in [0.15, 0.2) is 0 Å². The number of benzene rings is 2. The van der Waals surface area contributed by atoms with Gasteiger partial charge in [0.25, 0.3) is 0 Å². The predicted octanol–water partition coefficient (Wildman–Crippen LogP) is 3.68. The number of rotatable bonds is 4. The van der Waals surface area contributed by atoms with E-state index in [0.717, 1.165) is 23.4 Å². The second-order valence-electron chi connectivity index (χ2n) is 4.69. The fourth-order valence-corrected chi connectivity index (χ4v) is 2.20. The fraction of sp³-hybridized carbons (Fsp3) is 0.118. The van der Waals surface area contributed by atoms with Gasteiger partial charge >= 0.3 is 0 Å². The lowest BCUT2D eigenvalue weighted by Crippen LogP contribution is -1.89. The third kappa shape index (κ3) is 2.72. The third-order valence-electron chi connectivity index (χ3n) is 3.33. The first-order valence-corrected chi connectivity index (χ1v) is 6.57. The summed E-state index contributed by atoms with van der Waals surface area (Å²) in [6.45, 7) is 0. The smallest absolute Gasteiger partial charge is 0.118 e. The zero-order valence-electron chi connectivity index (χ0n) is 11.3. The van der Waals surface area contributed by atoms with E-state index < -0.39 is 0 Å². The van der Waals surface area contributed by atoms with Gasteiger partial charge in [0.2, 0.25) is 0 Å². The van der Waals surface area contributed by atoms with E-state index in [1.165, 1.54) is 11.1 Å². The van der Waals surface area contributed by atoms with E-state index in [4.69, 9.17) is 4.74 Å². The summed E-state index contributed by atoms with van der Waals surface area (Å²) >= 11 is 0. The molecule has 20 heavy (non-hydrogen) atoms. The van der Waals surface area contributed by atoms with Crippen molar-refractivity contribution in [3.63, 3.8) is 0 Å². The van der Waals surface area contributed by atoms with Crippen molar-refractivity contribution in [1.29, 1.82) is 0 Å². The summed E-state index contributed by atoms with van der Waals surface area (Å²) in [4.78, 5) is 0. The molecule has 1 aromatic heterocycles. The average Bonchev–Trinajstić information content (AvgIpc) is 3.03. The van der Waals surface area contributed by atoms with Crippen molar-refractivity contribution < 1.29 is 4.74 Å². The zero-order chi connectivity index (χ0) is 13.8. The van der Waals surface area contributed by atoms with Gasteiger partial charge < -0.3 is 4.74 Å². The van der Waals surface area contributed by atoms with Gasteiger partial charge in [0.05, 0.1) is 12.8 Å². The molecular weight excluding hydrogens is 248 g/mol. The van der Waals surface area contributed by atoms with Crippen LogP contribution in [0.1, 0.15) is 11.1 Å². The lowest BCUT2D eigenvalue weighted by atomic mass is 10.0. The van der Waals surface area contributed by atoms with Crippen molar-refractivity contribution in [2.24, 2.45) is 0 Å². The minimum absolute atomic E-state index is 0.892. The van der Waals surface area contributed by atoms with Crippen molar-refractivity contribution in [3.05, 3.63) is 71.9 Å². The van der Waals surface area contributed by atoms with Gasteiger partial charge in [-0.3, -0.25) is 5.10 Å². The Morgan fingerprint density at radius 3 is 2.10 bits per heavy atom. The van der Waals surface area contributed by atoms with Gasteiger partial charge in [-0.25, -0.2) is 0 Å². The number of H-pyrrole nitrogens is 1. The molecule has 0 amide bonds. The molecule has 0 aliphatic rings. The number of methoxy groups -OCH3 is 1. The molecule has 3 rings (SSSR count). The molecule has 0 saturated heterocycles. The normalized spacial score (nSPS) is 10.4. The molecule has 1 N–H and O–H groups in total. The first kappa shape index (κ1) is 12.5. The van der Waals surface area contributed by atoms with Crippen LogP contribution in [0.3, 0.4) is 0 Å². The first-order chi connectivity index (χ1) is 9.85. The molecule has 0 atom stereocenters. The van der Waals surface area contributed by atoms with Crippen LogP contribution in [-0.2, 0) is 6.42 Å². The highest BCUT2D eigenvalue weighted by molar-refractivity contribution is 5.58. The molecule has 0 aliphatic heterocycles. The van der Waals surface area contributed by atoms with Gasteiger partial charge in [-0.1, -0.05) is 36.4 Å². The van der Waals surface area contributed by atoms with Crippen molar-refractivity contribution in [2.75, 3.05) is 7.11 Å². The standard InChI is InChI=1S/C17H16N2O/c1-20-16-8-4-14(5-9-16)12-13-2-6-15(7-3-13)17-10-11-18-19-17/h2-11H,12H2,1H3,(H,18,19).